The molecule has 2 aromatic carbocycles. The molecule has 0 fully saturated rings. The first kappa shape index (κ1) is 17.3. The molecule has 1 aromatic heterocycles. The fourth-order valence-corrected chi connectivity index (χ4v) is 2.87. The van der Waals surface area contributed by atoms with Crippen molar-refractivity contribution < 1.29 is 18.7 Å². The lowest BCUT2D eigenvalue weighted by molar-refractivity contribution is -0.129. The molecule has 27 heavy (non-hydrogen) atoms. The first-order valence-corrected chi connectivity index (χ1v) is 8.94. The molecule has 4 rings (SSSR count). The van der Waals surface area contributed by atoms with Gasteiger partial charge in [-0.1, -0.05) is 15.9 Å². The fourth-order valence-electron chi connectivity index (χ4n) is 2.60. The van der Waals surface area contributed by atoms with Gasteiger partial charge in [-0.15, -0.1) is 0 Å². The predicted molar refractivity (Wildman–Crippen MR) is 105 cm³/mol. The molecule has 2 heterocycles. The molecular formula is C21H14BrNO4. The van der Waals surface area contributed by atoms with Crippen molar-refractivity contribution in [3.8, 4) is 17.1 Å². The molecule has 6 heteroatoms. The molecule has 0 aliphatic carbocycles. The second-order valence-corrected chi connectivity index (χ2v) is 6.69. The molecule has 0 radical (unpaired) electrons. The molecule has 5 nitrogen and oxygen atoms in total. The summed E-state index contributed by atoms with van der Waals surface area (Å²) in [6.45, 7) is 0. The molecule has 1 aliphatic heterocycles. The lowest BCUT2D eigenvalue weighted by Gasteiger charge is -2.00. The van der Waals surface area contributed by atoms with Gasteiger partial charge in [0, 0.05) is 21.7 Å². The zero-order valence-corrected chi connectivity index (χ0v) is 15.9. The average Bonchev–Trinajstić information content (AvgIpc) is 3.30. The van der Waals surface area contributed by atoms with E-state index < -0.39 is 5.97 Å². The van der Waals surface area contributed by atoms with Crippen LogP contribution in [-0.2, 0) is 9.53 Å². The van der Waals surface area contributed by atoms with Crippen molar-refractivity contribution >= 4 is 33.9 Å². The van der Waals surface area contributed by atoms with Crippen LogP contribution in [0.2, 0.25) is 0 Å². The lowest BCUT2D eigenvalue weighted by Crippen LogP contribution is -2.05. The first-order valence-electron chi connectivity index (χ1n) is 8.15. The molecule has 3 aromatic rings. The lowest BCUT2D eigenvalue weighted by atomic mass is 10.2. The Bertz CT molecular complexity index is 1050. The van der Waals surface area contributed by atoms with Crippen LogP contribution in [0.5, 0.6) is 5.75 Å². The number of ether oxygens (including phenoxy) is 2. The normalized spacial score (nSPS) is 15.0. The summed E-state index contributed by atoms with van der Waals surface area (Å²) in [5, 5.41) is 0. The monoisotopic (exact) mass is 423 g/mol. The van der Waals surface area contributed by atoms with Crippen LogP contribution < -0.4 is 4.74 Å². The van der Waals surface area contributed by atoms with Crippen LogP contribution in [0.4, 0.5) is 0 Å². The highest BCUT2D eigenvalue weighted by atomic mass is 79.9. The van der Waals surface area contributed by atoms with Gasteiger partial charge >= 0.3 is 5.97 Å². The number of carbonyl (C=O) groups excluding carboxylic acids is 1. The van der Waals surface area contributed by atoms with E-state index in [0.717, 1.165) is 21.3 Å². The number of aliphatic imine (C=N–C) groups is 1. The van der Waals surface area contributed by atoms with Gasteiger partial charge in [-0.25, -0.2) is 9.79 Å². The summed E-state index contributed by atoms with van der Waals surface area (Å²) in [5.41, 5.74) is 1.84. The number of nitrogens with zero attached hydrogens (tertiary/aromatic N) is 1. The van der Waals surface area contributed by atoms with Crippen molar-refractivity contribution in [1.29, 1.82) is 0 Å². The number of esters is 1. The van der Waals surface area contributed by atoms with Gasteiger partial charge in [0.15, 0.2) is 5.70 Å². The molecule has 0 saturated carbocycles. The maximum atomic E-state index is 12.1. The number of furan rings is 1. The summed E-state index contributed by atoms with van der Waals surface area (Å²) in [7, 11) is 1.62. The van der Waals surface area contributed by atoms with Crippen LogP contribution in [-0.4, -0.2) is 19.0 Å². The fraction of sp³-hybridized carbons (Fsp3) is 0.0476. The highest BCUT2D eigenvalue weighted by molar-refractivity contribution is 9.10. The zero-order valence-electron chi connectivity index (χ0n) is 14.3. The van der Waals surface area contributed by atoms with Crippen LogP contribution >= 0.6 is 15.9 Å². The van der Waals surface area contributed by atoms with Crippen LogP contribution in [0.1, 0.15) is 11.3 Å². The minimum atomic E-state index is -0.504. The second-order valence-electron chi connectivity index (χ2n) is 5.77. The van der Waals surface area contributed by atoms with E-state index in [1.54, 1.807) is 19.3 Å². The molecule has 0 bridgehead atoms. The molecule has 0 saturated heterocycles. The van der Waals surface area contributed by atoms with Gasteiger partial charge in [0.05, 0.1) is 7.11 Å². The van der Waals surface area contributed by atoms with Crippen LogP contribution in [0.25, 0.3) is 17.4 Å². The van der Waals surface area contributed by atoms with Crippen molar-refractivity contribution in [2.45, 2.75) is 0 Å². The van der Waals surface area contributed by atoms with Gasteiger partial charge in [0.2, 0.25) is 5.90 Å². The van der Waals surface area contributed by atoms with Gasteiger partial charge in [-0.05, 0) is 60.7 Å². The van der Waals surface area contributed by atoms with Gasteiger partial charge < -0.3 is 13.9 Å². The molecule has 0 amide bonds. The smallest absolute Gasteiger partial charge is 0.363 e. The Morgan fingerprint density at radius 3 is 2.37 bits per heavy atom. The summed E-state index contributed by atoms with van der Waals surface area (Å²) >= 11 is 3.37. The first-order chi connectivity index (χ1) is 13.1. The average molecular weight is 424 g/mol. The van der Waals surface area contributed by atoms with Crippen molar-refractivity contribution in [3.63, 3.8) is 0 Å². The molecule has 0 spiro atoms. The minimum Gasteiger partial charge on any atom is -0.497 e. The summed E-state index contributed by atoms with van der Waals surface area (Å²) in [6, 6.07) is 18.5. The third kappa shape index (κ3) is 3.71. The number of hydrogen-bond donors (Lipinski definition) is 0. The number of cyclic esters (lactones) is 1. The van der Waals surface area contributed by atoms with Crippen molar-refractivity contribution in [3.05, 3.63) is 82.2 Å². The SMILES string of the molecule is COc1ccc(-c2ccc(/C=C3\N=C(c4ccc(Br)cc4)OC3=O)o2)cc1. The van der Waals surface area contributed by atoms with Crippen LogP contribution in [0, 0.1) is 0 Å². The highest BCUT2D eigenvalue weighted by Gasteiger charge is 2.24. The van der Waals surface area contributed by atoms with Gasteiger partial charge in [0.25, 0.3) is 0 Å². The number of benzene rings is 2. The van der Waals surface area contributed by atoms with E-state index in [1.165, 1.54) is 0 Å². The minimum absolute atomic E-state index is 0.198. The molecular weight excluding hydrogens is 410 g/mol. The second kappa shape index (κ2) is 7.25. The van der Waals surface area contributed by atoms with E-state index in [9.17, 15) is 4.79 Å². The van der Waals surface area contributed by atoms with E-state index >= 15 is 0 Å². The van der Waals surface area contributed by atoms with Crippen molar-refractivity contribution in [2.24, 2.45) is 4.99 Å². The van der Waals surface area contributed by atoms with E-state index in [-0.39, 0.29) is 11.6 Å². The Morgan fingerprint density at radius 1 is 0.963 bits per heavy atom. The third-order valence-electron chi connectivity index (χ3n) is 3.99. The number of methoxy groups -OCH3 is 1. The molecule has 134 valence electrons. The summed E-state index contributed by atoms with van der Waals surface area (Å²) in [6.07, 6.45) is 1.57. The Morgan fingerprint density at radius 2 is 1.67 bits per heavy atom. The maximum Gasteiger partial charge on any atom is 0.363 e. The number of halogens is 1. The zero-order chi connectivity index (χ0) is 18.8. The molecule has 0 unspecified atom stereocenters. The van der Waals surface area contributed by atoms with Gasteiger partial charge in [-0.3, -0.25) is 0 Å². The van der Waals surface area contributed by atoms with Crippen molar-refractivity contribution in [1.82, 2.24) is 0 Å². The van der Waals surface area contributed by atoms with Crippen LogP contribution in [0.3, 0.4) is 0 Å². The largest absolute Gasteiger partial charge is 0.497 e. The molecule has 0 N–H and O–H groups in total. The Kier molecular flexibility index (Phi) is 4.64. The number of carbonyl (C=O) groups is 1. The topological polar surface area (TPSA) is 61.0 Å². The quantitative estimate of drug-likeness (QED) is 0.434. The van der Waals surface area contributed by atoms with Gasteiger partial charge in [-0.2, -0.15) is 0 Å². The summed E-state index contributed by atoms with van der Waals surface area (Å²) < 4.78 is 17.2. The summed E-state index contributed by atoms with van der Waals surface area (Å²) in [5.74, 6) is 1.76. The summed E-state index contributed by atoms with van der Waals surface area (Å²) in [4.78, 5) is 16.4. The van der Waals surface area contributed by atoms with E-state index in [1.807, 2.05) is 54.6 Å². The Hall–Kier alpha value is -3.12. The number of hydrogen-bond acceptors (Lipinski definition) is 5. The highest BCUT2D eigenvalue weighted by Crippen LogP contribution is 2.27. The van der Waals surface area contributed by atoms with Gasteiger partial charge in [0.1, 0.15) is 17.3 Å². The Labute approximate surface area is 164 Å². The number of rotatable bonds is 4. The standard InChI is InChI=1S/C21H14BrNO4/c1-25-16-8-4-13(5-9-16)19-11-10-17(26-19)12-18-21(24)27-20(23-18)14-2-6-15(22)7-3-14/h2-12H,1H3/b18-12-. The van der Waals surface area contributed by atoms with Crippen molar-refractivity contribution in [2.75, 3.05) is 7.11 Å². The van der Waals surface area contributed by atoms with Crippen LogP contribution in [0.15, 0.2) is 80.2 Å². The Balaban J connectivity index is 1.58. The maximum absolute atomic E-state index is 12.1. The third-order valence-corrected chi connectivity index (χ3v) is 4.52. The van der Waals surface area contributed by atoms with E-state index in [0.29, 0.717) is 11.5 Å². The molecule has 1 aliphatic rings. The van der Waals surface area contributed by atoms with E-state index in [2.05, 4.69) is 20.9 Å². The van der Waals surface area contributed by atoms with E-state index in [4.69, 9.17) is 13.9 Å². The molecule has 0 atom stereocenters. The predicted octanol–water partition coefficient (Wildman–Crippen LogP) is 5.06.